The summed E-state index contributed by atoms with van der Waals surface area (Å²) in [4.78, 5) is 18.2. The summed E-state index contributed by atoms with van der Waals surface area (Å²) < 4.78 is 6.61. The van der Waals surface area contributed by atoms with Crippen LogP contribution in [0.5, 0.6) is 5.75 Å². The highest BCUT2D eigenvalue weighted by Crippen LogP contribution is 2.24. The number of rotatable bonds is 5. The first-order valence-electron chi connectivity index (χ1n) is 7.76. The molecule has 0 radical (unpaired) electrons. The summed E-state index contributed by atoms with van der Waals surface area (Å²) in [5.74, 6) is 0.907. The average Bonchev–Trinajstić information content (AvgIpc) is 2.60. The Labute approximate surface area is 154 Å². The Kier molecular flexibility index (Phi) is 5.19. The molecule has 1 heterocycles. The molecule has 0 spiro atoms. The summed E-state index contributed by atoms with van der Waals surface area (Å²) in [6.07, 6.45) is 1.71. The first-order valence-corrected chi connectivity index (χ1v) is 8.56. The van der Waals surface area contributed by atoms with Gasteiger partial charge in [0.15, 0.2) is 6.61 Å². The minimum absolute atomic E-state index is 0.0703. The number of ether oxygens (including phenoxy) is 1. The Bertz CT molecular complexity index is 895. The molecule has 3 aromatic rings. The second-order valence-electron chi connectivity index (χ2n) is 5.79. The number of nitrogens with one attached hydrogen (secondary N) is 1. The van der Waals surface area contributed by atoms with Crippen LogP contribution in [0.2, 0.25) is 0 Å². The second kappa shape index (κ2) is 7.53. The molecule has 1 amide bonds. The smallest absolute Gasteiger partial charge is 0.263 e. The number of anilines is 2. The predicted molar refractivity (Wildman–Crippen MR) is 104 cm³/mol. The fourth-order valence-corrected chi connectivity index (χ4v) is 2.72. The first-order chi connectivity index (χ1) is 12.0. The number of hydrogen-bond acceptors (Lipinski definition) is 4. The lowest BCUT2D eigenvalue weighted by Crippen LogP contribution is -2.20. The zero-order chi connectivity index (χ0) is 17.8. The van der Waals surface area contributed by atoms with E-state index in [0.29, 0.717) is 11.6 Å². The number of pyridine rings is 1. The molecule has 0 saturated heterocycles. The van der Waals surface area contributed by atoms with E-state index in [4.69, 9.17) is 4.74 Å². The molecule has 0 bridgehead atoms. The van der Waals surface area contributed by atoms with Crippen LogP contribution in [0.15, 0.2) is 59.2 Å². The molecule has 2 aromatic carbocycles. The molecular weight excluding hydrogens is 382 g/mol. The third-order valence-electron chi connectivity index (χ3n) is 3.68. The van der Waals surface area contributed by atoms with Crippen LogP contribution in [-0.2, 0) is 4.79 Å². The molecule has 0 atom stereocenters. The summed E-state index contributed by atoms with van der Waals surface area (Å²) in [6.45, 7) is -0.0703. The third-order valence-corrected chi connectivity index (χ3v) is 4.17. The standard InChI is InChI=1S/C19H18BrN3O2/c1-23(2)16-6-8-18(21-11-16)22-19(24)12-25-17-7-4-13-9-15(20)5-3-14(13)10-17/h3-11H,12H2,1-2H3,(H,21,22,24). The molecule has 0 aliphatic heterocycles. The summed E-state index contributed by atoms with van der Waals surface area (Å²) in [7, 11) is 3.87. The van der Waals surface area contributed by atoms with E-state index in [1.165, 1.54) is 0 Å². The number of aromatic nitrogens is 1. The van der Waals surface area contributed by atoms with Crippen LogP contribution in [0.1, 0.15) is 0 Å². The first kappa shape index (κ1) is 17.2. The monoisotopic (exact) mass is 399 g/mol. The topological polar surface area (TPSA) is 54.5 Å². The van der Waals surface area contributed by atoms with Crippen molar-refractivity contribution >= 4 is 44.1 Å². The zero-order valence-corrected chi connectivity index (χ0v) is 15.6. The van der Waals surface area contributed by atoms with E-state index in [1.807, 2.05) is 61.5 Å². The lowest BCUT2D eigenvalue weighted by atomic mass is 10.1. The van der Waals surface area contributed by atoms with E-state index < -0.39 is 0 Å². The van der Waals surface area contributed by atoms with E-state index in [9.17, 15) is 4.79 Å². The van der Waals surface area contributed by atoms with Gasteiger partial charge in [0.2, 0.25) is 0 Å². The number of carbonyl (C=O) groups excluding carboxylic acids is 1. The van der Waals surface area contributed by atoms with Crippen molar-refractivity contribution in [2.24, 2.45) is 0 Å². The number of halogens is 1. The SMILES string of the molecule is CN(C)c1ccc(NC(=O)COc2ccc3cc(Br)ccc3c2)nc1. The Morgan fingerprint density at radius 1 is 1.12 bits per heavy atom. The van der Waals surface area contributed by atoms with Gasteiger partial charge in [0, 0.05) is 18.6 Å². The predicted octanol–water partition coefficient (Wildman–Crippen LogP) is 4.08. The van der Waals surface area contributed by atoms with Crippen molar-refractivity contribution < 1.29 is 9.53 Å². The Morgan fingerprint density at radius 2 is 1.88 bits per heavy atom. The van der Waals surface area contributed by atoms with Gasteiger partial charge in [-0.1, -0.05) is 28.1 Å². The molecule has 6 heteroatoms. The van der Waals surface area contributed by atoms with E-state index in [0.717, 1.165) is 20.9 Å². The Hall–Kier alpha value is -2.60. The maximum absolute atomic E-state index is 12.0. The summed E-state index contributed by atoms with van der Waals surface area (Å²) in [5.41, 5.74) is 0.969. The van der Waals surface area contributed by atoms with Crippen molar-refractivity contribution in [2.45, 2.75) is 0 Å². The van der Waals surface area contributed by atoms with Gasteiger partial charge in [-0.3, -0.25) is 4.79 Å². The lowest BCUT2D eigenvalue weighted by molar-refractivity contribution is -0.118. The van der Waals surface area contributed by atoms with Gasteiger partial charge in [-0.25, -0.2) is 4.98 Å². The molecule has 3 rings (SSSR count). The summed E-state index contributed by atoms with van der Waals surface area (Å²) in [6, 6.07) is 15.4. The van der Waals surface area contributed by atoms with Crippen molar-refractivity contribution in [3.8, 4) is 5.75 Å². The Balaban J connectivity index is 1.59. The minimum atomic E-state index is -0.249. The summed E-state index contributed by atoms with van der Waals surface area (Å²) in [5, 5.41) is 4.89. The molecule has 128 valence electrons. The molecule has 5 nitrogen and oxygen atoms in total. The zero-order valence-electron chi connectivity index (χ0n) is 14.0. The maximum Gasteiger partial charge on any atom is 0.263 e. The fourth-order valence-electron chi connectivity index (χ4n) is 2.34. The van der Waals surface area contributed by atoms with Crippen LogP contribution in [0.25, 0.3) is 10.8 Å². The van der Waals surface area contributed by atoms with Gasteiger partial charge in [0.05, 0.1) is 11.9 Å². The molecule has 0 saturated carbocycles. The molecule has 0 fully saturated rings. The van der Waals surface area contributed by atoms with Crippen LogP contribution in [-0.4, -0.2) is 31.6 Å². The van der Waals surface area contributed by atoms with Crippen LogP contribution in [0, 0.1) is 0 Å². The largest absolute Gasteiger partial charge is 0.484 e. The van der Waals surface area contributed by atoms with E-state index in [1.54, 1.807) is 12.3 Å². The number of fused-ring (bicyclic) bond motifs is 1. The van der Waals surface area contributed by atoms with Crippen molar-refractivity contribution in [1.82, 2.24) is 4.98 Å². The van der Waals surface area contributed by atoms with Crippen molar-refractivity contribution in [1.29, 1.82) is 0 Å². The highest BCUT2D eigenvalue weighted by Gasteiger charge is 2.06. The molecular formula is C19H18BrN3O2. The van der Waals surface area contributed by atoms with E-state index in [2.05, 4.69) is 26.2 Å². The highest BCUT2D eigenvalue weighted by atomic mass is 79.9. The summed E-state index contributed by atoms with van der Waals surface area (Å²) >= 11 is 3.45. The number of hydrogen-bond donors (Lipinski definition) is 1. The average molecular weight is 400 g/mol. The number of nitrogens with zero attached hydrogens (tertiary/aromatic N) is 2. The Morgan fingerprint density at radius 3 is 2.60 bits per heavy atom. The molecule has 25 heavy (non-hydrogen) atoms. The molecule has 0 unspecified atom stereocenters. The van der Waals surface area contributed by atoms with E-state index >= 15 is 0 Å². The van der Waals surface area contributed by atoms with Gasteiger partial charge < -0.3 is 15.0 Å². The maximum atomic E-state index is 12.0. The van der Waals surface area contributed by atoms with E-state index in [-0.39, 0.29) is 12.5 Å². The molecule has 0 aliphatic rings. The van der Waals surface area contributed by atoms with Gasteiger partial charge in [-0.2, -0.15) is 0 Å². The minimum Gasteiger partial charge on any atom is -0.484 e. The van der Waals surface area contributed by atoms with Gasteiger partial charge in [0.1, 0.15) is 11.6 Å². The number of benzene rings is 2. The highest BCUT2D eigenvalue weighted by molar-refractivity contribution is 9.10. The van der Waals surface area contributed by atoms with Gasteiger partial charge >= 0.3 is 0 Å². The van der Waals surface area contributed by atoms with Gasteiger partial charge in [-0.05, 0) is 47.2 Å². The molecule has 0 aliphatic carbocycles. The number of amides is 1. The number of carbonyl (C=O) groups is 1. The van der Waals surface area contributed by atoms with Crippen molar-refractivity contribution in [2.75, 3.05) is 30.9 Å². The molecule has 1 N–H and O–H groups in total. The van der Waals surface area contributed by atoms with Crippen LogP contribution in [0.4, 0.5) is 11.5 Å². The van der Waals surface area contributed by atoms with Gasteiger partial charge in [0.25, 0.3) is 5.91 Å². The second-order valence-corrected chi connectivity index (χ2v) is 6.70. The van der Waals surface area contributed by atoms with Crippen molar-refractivity contribution in [3.63, 3.8) is 0 Å². The lowest BCUT2D eigenvalue weighted by Gasteiger charge is -2.12. The fraction of sp³-hybridized carbons (Fsp3) is 0.158. The van der Waals surface area contributed by atoms with Crippen LogP contribution < -0.4 is 15.0 Å². The molecule has 1 aromatic heterocycles. The van der Waals surface area contributed by atoms with Gasteiger partial charge in [-0.15, -0.1) is 0 Å². The normalized spacial score (nSPS) is 10.5. The van der Waals surface area contributed by atoms with Crippen LogP contribution in [0.3, 0.4) is 0 Å². The quantitative estimate of drug-likeness (QED) is 0.701. The van der Waals surface area contributed by atoms with Crippen LogP contribution >= 0.6 is 15.9 Å². The third kappa shape index (κ3) is 4.48. The van der Waals surface area contributed by atoms with Crippen molar-refractivity contribution in [3.05, 3.63) is 59.2 Å².